The molecule has 2 amide bonds. The second-order valence-corrected chi connectivity index (χ2v) is 5.10. The molecule has 0 fully saturated rings. The minimum absolute atomic E-state index is 0.371. The number of rotatable bonds is 3. The van der Waals surface area contributed by atoms with Crippen LogP contribution >= 0.6 is 0 Å². The van der Waals surface area contributed by atoms with E-state index in [0.29, 0.717) is 28.3 Å². The Morgan fingerprint density at radius 3 is 2.29 bits per heavy atom. The normalized spacial score (nSPS) is 13.3. The van der Waals surface area contributed by atoms with E-state index in [2.05, 4.69) is 15.5 Å². The van der Waals surface area contributed by atoms with Gasteiger partial charge < -0.3 is 4.74 Å². The van der Waals surface area contributed by atoms with Crippen molar-refractivity contribution in [2.24, 2.45) is 0 Å². The first kappa shape index (κ1) is 14.1. The smallest absolute Gasteiger partial charge is 0.266 e. The maximum absolute atomic E-state index is 12.6. The molecule has 0 spiro atoms. The molecule has 0 aliphatic carbocycles. The summed E-state index contributed by atoms with van der Waals surface area (Å²) in [6.45, 7) is 0. The van der Waals surface area contributed by atoms with Crippen LogP contribution in [0.2, 0.25) is 0 Å². The predicted molar refractivity (Wildman–Crippen MR) is 83.3 cm³/mol. The van der Waals surface area contributed by atoms with Crippen LogP contribution in [0, 0.1) is 0 Å². The minimum atomic E-state index is -0.371. The van der Waals surface area contributed by atoms with E-state index in [9.17, 15) is 9.59 Å². The maximum Gasteiger partial charge on any atom is 0.266 e. The number of fused-ring (bicyclic) bond motifs is 1. The van der Waals surface area contributed by atoms with E-state index in [-0.39, 0.29) is 11.8 Å². The second-order valence-electron chi connectivity index (χ2n) is 5.10. The van der Waals surface area contributed by atoms with Crippen molar-refractivity contribution in [2.45, 2.75) is 0 Å². The average molecular weight is 321 g/mol. The first-order chi connectivity index (χ1) is 11.7. The van der Waals surface area contributed by atoms with Crippen LogP contribution in [0.4, 0.5) is 5.69 Å². The number of ether oxygens (including phenoxy) is 1. The van der Waals surface area contributed by atoms with Crippen LogP contribution in [-0.4, -0.2) is 39.1 Å². The SMILES string of the molecule is COc1cc(-n2cnnn2)ccc1N1C(=O)c2ccccc2C1=O. The topological polar surface area (TPSA) is 90.2 Å². The fraction of sp³-hybridized carbons (Fsp3) is 0.0625. The third-order valence-electron chi connectivity index (χ3n) is 3.81. The van der Waals surface area contributed by atoms with Crippen molar-refractivity contribution in [2.75, 3.05) is 12.0 Å². The van der Waals surface area contributed by atoms with Crippen LogP contribution < -0.4 is 9.64 Å². The van der Waals surface area contributed by atoms with Gasteiger partial charge in [0.05, 0.1) is 29.6 Å². The van der Waals surface area contributed by atoms with Crippen LogP contribution in [0.15, 0.2) is 48.8 Å². The van der Waals surface area contributed by atoms with Crippen LogP contribution in [-0.2, 0) is 0 Å². The fourth-order valence-electron chi connectivity index (χ4n) is 2.68. The average Bonchev–Trinajstić information content (AvgIpc) is 3.23. The van der Waals surface area contributed by atoms with Gasteiger partial charge in [0, 0.05) is 6.07 Å². The molecule has 2 heterocycles. The Morgan fingerprint density at radius 2 is 1.71 bits per heavy atom. The van der Waals surface area contributed by atoms with Gasteiger partial charge in [-0.25, -0.2) is 9.58 Å². The van der Waals surface area contributed by atoms with Gasteiger partial charge in [0.2, 0.25) is 0 Å². The Bertz CT molecular complexity index is 917. The number of imide groups is 1. The Hall–Kier alpha value is -3.55. The lowest BCUT2D eigenvalue weighted by molar-refractivity contribution is 0.0925. The molecule has 0 unspecified atom stereocenters. The van der Waals surface area contributed by atoms with E-state index in [0.717, 1.165) is 4.90 Å². The molecule has 8 nitrogen and oxygen atoms in total. The van der Waals surface area contributed by atoms with E-state index in [1.807, 2.05) is 0 Å². The Balaban J connectivity index is 1.80. The standard InChI is InChI=1S/C16H11N5O3/c1-24-14-8-10(20-9-17-18-19-20)6-7-13(14)21-15(22)11-4-2-3-5-12(11)16(21)23/h2-9H,1H3. The van der Waals surface area contributed by atoms with E-state index in [1.165, 1.54) is 18.1 Å². The summed E-state index contributed by atoms with van der Waals surface area (Å²) in [5, 5.41) is 11.0. The highest BCUT2D eigenvalue weighted by Crippen LogP contribution is 2.35. The van der Waals surface area contributed by atoms with Gasteiger partial charge >= 0.3 is 0 Å². The molecule has 0 bridgehead atoms. The molecule has 0 saturated carbocycles. The van der Waals surface area contributed by atoms with Crippen LogP contribution in [0.1, 0.15) is 20.7 Å². The number of carbonyl (C=O) groups excluding carboxylic acids is 2. The first-order valence-electron chi connectivity index (χ1n) is 7.10. The van der Waals surface area contributed by atoms with Crippen LogP contribution in [0.3, 0.4) is 0 Å². The Morgan fingerprint density at radius 1 is 1.00 bits per heavy atom. The number of anilines is 1. The fourth-order valence-corrected chi connectivity index (χ4v) is 2.68. The molecule has 0 radical (unpaired) electrons. The lowest BCUT2D eigenvalue weighted by Gasteiger charge is -2.18. The second kappa shape index (κ2) is 5.27. The van der Waals surface area contributed by atoms with Gasteiger partial charge in [0.1, 0.15) is 12.1 Å². The summed E-state index contributed by atoms with van der Waals surface area (Å²) in [7, 11) is 1.47. The summed E-state index contributed by atoms with van der Waals surface area (Å²) >= 11 is 0. The number of amides is 2. The van der Waals surface area contributed by atoms with Crippen molar-refractivity contribution >= 4 is 17.5 Å². The highest BCUT2D eigenvalue weighted by molar-refractivity contribution is 6.34. The van der Waals surface area contributed by atoms with Crippen molar-refractivity contribution in [3.05, 3.63) is 59.9 Å². The number of carbonyl (C=O) groups is 2. The van der Waals surface area contributed by atoms with Gasteiger partial charge in [0.15, 0.2) is 0 Å². The molecule has 4 rings (SSSR count). The van der Waals surface area contributed by atoms with Gasteiger partial charge in [-0.05, 0) is 34.7 Å². The molecule has 1 aromatic heterocycles. The van der Waals surface area contributed by atoms with Crippen molar-refractivity contribution < 1.29 is 14.3 Å². The maximum atomic E-state index is 12.6. The van der Waals surface area contributed by atoms with Crippen molar-refractivity contribution in [3.63, 3.8) is 0 Å². The monoisotopic (exact) mass is 321 g/mol. The number of tetrazole rings is 1. The Kier molecular flexibility index (Phi) is 3.09. The summed E-state index contributed by atoms with van der Waals surface area (Å²) < 4.78 is 6.82. The summed E-state index contributed by atoms with van der Waals surface area (Å²) in [4.78, 5) is 26.3. The molecule has 3 aromatic rings. The summed E-state index contributed by atoms with van der Waals surface area (Å²) in [6.07, 6.45) is 1.44. The molecule has 1 aliphatic heterocycles. The zero-order valence-electron chi connectivity index (χ0n) is 12.6. The molecule has 8 heteroatoms. The quantitative estimate of drug-likeness (QED) is 0.679. The van der Waals surface area contributed by atoms with Gasteiger partial charge in [-0.1, -0.05) is 12.1 Å². The first-order valence-corrected chi connectivity index (χ1v) is 7.10. The van der Waals surface area contributed by atoms with Crippen molar-refractivity contribution in [1.29, 1.82) is 0 Å². The number of hydrogen-bond acceptors (Lipinski definition) is 6. The largest absolute Gasteiger partial charge is 0.494 e. The van der Waals surface area contributed by atoms with E-state index < -0.39 is 0 Å². The third-order valence-corrected chi connectivity index (χ3v) is 3.81. The Labute approximate surface area is 136 Å². The van der Waals surface area contributed by atoms with Crippen molar-refractivity contribution in [1.82, 2.24) is 20.2 Å². The highest BCUT2D eigenvalue weighted by atomic mass is 16.5. The molecule has 1 aliphatic rings. The summed E-state index contributed by atoms with van der Waals surface area (Å²) in [5.74, 6) is -0.370. The zero-order valence-corrected chi connectivity index (χ0v) is 12.6. The van der Waals surface area contributed by atoms with Crippen LogP contribution in [0.5, 0.6) is 5.75 Å². The van der Waals surface area contributed by atoms with Gasteiger partial charge in [-0.2, -0.15) is 0 Å². The zero-order chi connectivity index (χ0) is 16.7. The molecule has 0 atom stereocenters. The molecular weight excluding hydrogens is 310 g/mol. The molecule has 0 N–H and O–H groups in total. The van der Waals surface area contributed by atoms with Crippen LogP contribution in [0.25, 0.3) is 5.69 Å². The number of benzene rings is 2. The molecule has 24 heavy (non-hydrogen) atoms. The number of methoxy groups -OCH3 is 1. The number of nitrogens with zero attached hydrogens (tertiary/aromatic N) is 5. The number of aromatic nitrogens is 4. The van der Waals surface area contributed by atoms with Gasteiger partial charge in [-0.15, -0.1) is 5.10 Å². The number of hydrogen-bond donors (Lipinski definition) is 0. The van der Waals surface area contributed by atoms with E-state index >= 15 is 0 Å². The summed E-state index contributed by atoms with van der Waals surface area (Å²) in [6, 6.07) is 11.7. The minimum Gasteiger partial charge on any atom is -0.494 e. The molecule has 0 saturated heterocycles. The molecule has 2 aromatic carbocycles. The summed E-state index contributed by atoms with van der Waals surface area (Å²) in [5.41, 5.74) is 1.79. The molecule has 118 valence electrons. The lowest BCUT2D eigenvalue weighted by Crippen LogP contribution is -2.29. The van der Waals surface area contributed by atoms with E-state index in [1.54, 1.807) is 42.5 Å². The van der Waals surface area contributed by atoms with E-state index in [4.69, 9.17) is 4.74 Å². The molecular formula is C16H11N5O3. The third kappa shape index (κ3) is 1.97. The highest BCUT2D eigenvalue weighted by Gasteiger charge is 2.37. The van der Waals surface area contributed by atoms with Gasteiger partial charge in [-0.3, -0.25) is 9.59 Å². The predicted octanol–water partition coefficient (Wildman–Crippen LogP) is 1.47. The van der Waals surface area contributed by atoms with Crippen molar-refractivity contribution in [3.8, 4) is 11.4 Å². The van der Waals surface area contributed by atoms with Gasteiger partial charge in [0.25, 0.3) is 11.8 Å². The lowest BCUT2D eigenvalue weighted by atomic mass is 10.1.